The predicted molar refractivity (Wildman–Crippen MR) is 96.5 cm³/mol. The Hall–Kier alpha value is -2.48. The van der Waals surface area contributed by atoms with E-state index in [1.807, 2.05) is 12.1 Å². The molecule has 5 heteroatoms. The van der Waals surface area contributed by atoms with E-state index in [4.69, 9.17) is 6.42 Å². The van der Waals surface area contributed by atoms with E-state index < -0.39 is 0 Å². The highest BCUT2D eigenvalue weighted by Gasteiger charge is 2.04. The lowest BCUT2D eigenvalue weighted by Gasteiger charge is -2.12. The third-order valence-electron chi connectivity index (χ3n) is 3.28. The van der Waals surface area contributed by atoms with Crippen molar-refractivity contribution in [2.24, 2.45) is 4.99 Å². The third kappa shape index (κ3) is 7.91. The molecule has 5 nitrogen and oxygen atoms in total. The number of hydrogen-bond donors (Lipinski definition) is 3. The van der Waals surface area contributed by atoms with Gasteiger partial charge in [-0.05, 0) is 24.6 Å². The number of aliphatic imine (C=N–C) groups is 1. The van der Waals surface area contributed by atoms with Crippen LogP contribution in [-0.2, 0) is 4.79 Å². The molecular weight excluding hydrogens is 288 g/mol. The summed E-state index contributed by atoms with van der Waals surface area (Å²) < 4.78 is 0. The number of benzene rings is 1. The number of carbonyl (C=O) groups is 1. The summed E-state index contributed by atoms with van der Waals surface area (Å²) in [7, 11) is 1.69. The first-order valence-electron chi connectivity index (χ1n) is 8.00. The van der Waals surface area contributed by atoms with Crippen molar-refractivity contribution in [3.63, 3.8) is 0 Å². The number of rotatable bonds is 8. The largest absolute Gasteiger partial charge is 0.356 e. The molecule has 0 saturated heterocycles. The van der Waals surface area contributed by atoms with Crippen LogP contribution in [0.3, 0.4) is 0 Å². The Balaban J connectivity index is 2.31. The van der Waals surface area contributed by atoms with Gasteiger partial charge < -0.3 is 16.0 Å². The summed E-state index contributed by atoms with van der Waals surface area (Å²) in [5, 5.41) is 8.99. The van der Waals surface area contributed by atoms with Gasteiger partial charge >= 0.3 is 0 Å². The van der Waals surface area contributed by atoms with Crippen LogP contribution in [0.2, 0.25) is 0 Å². The van der Waals surface area contributed by atoms with E-state index in [9.17, 15) is 4.79 Å². The Labute approximate surface area is 139 Å². The smallest absolute Gasteiger partial charge is 0.243 e. The molecule has 1 aromatic rings. The minimum absolute atomic E-state index is 0.145. The minimum atomic E-state index is -0.145. The van der Waals surface area contributed by atoms with Crippen molar-refractivity contribution >= 4 is 17.6 Å². The molecule has 0 aromatic heterocycles. The van der Waals surface area contributed by atoms with Crippen LogP contribution < -0.4 is 16.0 Å². The summed E-state index contributed by atoms with van der Waals surface area (Å²) in [6.45, 7) is 3.19. The Bertz CT molecular complexity index is 560. The molecule has 0 radical (unpaired) electrons. The molecule has 0 spiro atoms. The molecule has 0 aliphatic rings. The van der Waals surface area contributed by atoms with Crippen molar-refractivity contribution < 1.29 is 4.79 Å². The van der Waals surface area contributed by atoms with Gasteiger partial charge in [-0.1, -0.05) is 38.2 Å². The molecule has 0 unspecified atom stereocenters. The van der Waals surface area contributed by atoms with Crippen LogP contribution in [0.5, 0.6) is 0 Å². The highest BCUT2D eigenvalue weighted by atomic mass is 16.1. The van der Waals surface area contributed by atoms with E-state index in [0.29, 0.717) is 11.6 Å². The molecule has 0 bridgehead atoms. The predicted octanol–water partition coefficient (Wildman–Crippen LogP) is 2.35. The summed E-state index contributed by atoms with van der Waals surface area (Å²) in [5.74, 6) is 3.03. The number of hydrogen-bond acceptors (Lipinski definition) is 2. The van der Waals surface area contributed by atoms with Crippen molar-refractivity contribution in [3.05, 3.63) is 29.8 Å². The summed E-state index contributed by atoms with van der Waals surface area (Å²) in [6, 6.07) is 7.20. The number of nitrogens with zero attached hydrogens (tertiary/aromatic N) is 1. The summed E-state index contributed by atoms with van der Waals surface area (Å²) in [6.07, 6.45) is 10.1. The molecule has 0 atom stereocenters. The minimum Gasteiger partial charge on any atom is -0.356 e. The molecule has 1 amide bonds. The van der Waals surface area contributed by atoms with E-state index in [1.54, 1.807) is 19.2 Å². The summed E-state index contributed by atoms with van der Waals surface area (Å²) in [4.78, 5) is 16.0. The van der Waals surface area contributed by atoms with Crippen LogP contribution in [0, 0.1) is 12.3 Å². The fraction of sp³-hybridized carbons (Fsp3) is 0.444. The topological polar surface area (TPSA) is 65.5 Å². The molecule has 0 heterocycles. The van der Waals surface area contributed by atoms with Gasteiger partial charge in [-0.25, -0.2) is 0 Å². The molecule has 1 rings (SSSR count). The highest BCUT2D eigenvalue weighted by Crippen LogP contribution is 2.09. The summed E-state index contributed by atoms with van der Waals surface area (Å²) in [5.41, 5.74) is 1.43. The van der Waals surface area contributed by atoms with Crippen molar-refractivity contribution in [2.45, 2.75) is 32.6 Å². The third-order valence-corrected chi connectivity index (χ3v) is 3.28. The van der Waals surface area contributed by atoms with Gasteiger partial charge in [-0.15, -0.1) is 6.42 Å². The zero-order valence-corrected chi connectivity index (χ0v) is 14.0. The number of amides is 1. The Morgan fingerprint density at radius 3 is 2.78 bits per heavy atom. The number of carbonyl (C=O) groups excluding carboxylic acids is 1. The molecule has 0 fully saturated rings. The maximum atomic E-state index is 11.9. The van der Waals surface area contributed by atoms with Crippen LogP contribution in [0.25, 0.3) is 0 Å². The van der Waals surface area contributed by atoms with Crippen LogP contribution in [0.15, 0.2) is 29.3 Å². The van der Waals surface area contributed by atoms with Crippen molar-refractivity contribution in [3.8, 4) is 12.3 Å². The number of nitrogens with one attached hydrogen (secondary N) is 3. The van der Waals surface area contributed by atoms with Crippen molar-refractivity contribution in [1.82, 2.24) is 10.6 Å². The van der Waals surface area contributed by atoms with Gasteiger partial charge in [0.1, 0.15) is 0 Å². The average molecular weight is 314 g/mol. The molecule has 124 valence electrons. The molecule has 23 heavy (non-hydrogen) atoms. The van der Waals surface area contributed by atoms with Crippen LogP contribution in [0.4, 0.5) is 5.69 Å². The number of anilines is 1. The highest BCUT2D eigenvalue weighted by molar-refractivity contribution is 5.95. The van der Waals surface area contributed by atoms with Gasteiger partial charge in [0, 0.05) is 24.8 Å². The van der Waals surface area contributed by atoms with Crippen LogP contribution in [0.1, 0.15) is 38.2 Å². The molecule has 0 aliphatic carbocycles. The van der Waals surface area contributed by atoms with E-state index in [0.717, 1.165) is 18.5 Å². The second kappa shape index (κ2) is 11.1. The quantitative estimate of drug-likeness (QED) is 0.299. The lowest BCUT2D eigenvalue weighted by Crippen LogP contribution is -2.41. The summed E-state index contributed by atoms with van der Waals surface area (Å²) >= 11 is 0. The number of terminal acetylenes is 1. The second-order valence-corrected chi connectivity index (χ2v) is 5.19. The van der Waals surface area contributed by atoms with Gasteiger partial charge in [0.25, 0.3) is 0 Å². The SMILES string of the molecule is C#Cc1cccc(NC(=O)CNC(=NC)NCCCCCC)c1. The maximum Gasteiger partial charge on any atom is 0.243 e. The second-order valence-electron chi connectivity index (χ2n) is 5.19. The van der Waals surface area contributed by atoms with Gasteiger partial charge in [0.05, 0.1) is 6.54 Å². The Morgan fingerprint density at radius 2 is 2.09 bits per heavy atom. The Kier molecular flexibility index (Phi) is 8.99. The standard InChI is InChI=1S/C18H26N4O/c1-4-6-7-8-12-20-18(19-3)21-14-17(23)22-16-11-9-10-15(5-2)13-16/h2,9-11,13H,4,6-8,12,14H2,1,3H3,(H,22,23)(H2,19,20,21). The van der Waals surface area contributed by atoms with E-state index >= 15 is 0 Å². The molecule has 1 aromatic carbocycles. The average Bonchev–Trinajstić information content (AvgIpc) is 2.57. The zero-order valence-electron chi connectivity index (χ0n) is 14.0. The van der Waals surface area contributed by atoms with Crippen LogP contribution >= 0.6 is 0 Å². The van der Waals surface area contributed by atoms with Crippen LogP contribution in [-0.4, -0.2) is 32.0 Å². The van der Waals surface area contributed by atoms with E-state index in [-0.39, 0.29) is 12.5 Å². The first kappa shape index (κ1) is 18.6. The lowest BCUT2D eigenvalue weighted by atomic mass is 10.2. The first-order chi connectivity index (χ1) is 11.2. The Morgan fingerprint density at radius 1 is 1.26 bits per heavy atom. The van der Waals surface area contributed by atoms with Gasteiger partial charge in [-0.3, -0.25) is 9.79 Å². The number of guanidine groups is 1. The van der Waals surface area contributed by atoms with Gasteiger partial charge in [0.2, 0.25) is 5.91 Å². The van der Waals surface area contributed by atoms with Crippen molar-refractivity contribution in [2.75, 3.05) is 25.5 Å². The van der Waals surface area contributed by atoms with Gasteiger partial charge in [0.15, 0.2) is 5.96 Å². The molecular formula is C18H26N4O. The maximum absolute atomic E-state index is 11.9. The van der Waals surface area contributed by atoms with E-state index in [1.165, 1.54) is 19.3 Å². The number of unbranched alkanes of at least 4 members (excludes halogenated alkanes) is 3. The normalized spacial score (nSPS) is 10.7. The lowest BCUT2D eigenvalue weighted by molar-refractivity contribution is -0.115. The van der Waals surface area contributed by atoms with Crippen molar-refractivity contribution in [1.29, 1.82) is 0 Å². The van der Waals surface area contributed by atoms with E-state index in [2.05, 4.69) is 33.8 Å². The zero-order chi connectivity index (χ0) is 16.9. The monoisotopic (exact) mass is 314 g/mol. The first-order valence-corrected chi connectivity index (χ1v) is 8.00. The fourth-order valence-corrected chi connectivity index (χ4v) is 2.04. The molecule has 0 aliphatic heterocycles. The molecule has 3 N–H and O–H groups in total. The fourth-order valence-electron chi connectivity index (χ4n) is 2.04. The van der Waals surface area contributed by atoms with Gasteiger partial charge in [-0.2, -0.15) is 0 Å². The molecule has 0 saturated carbocycles.